The summed E-state index contributed by atoms with van der Waals surface area (Å²) in [6.07, 6.45) is 0. The average molecular weight is 163 g/mol. The first-order valence-electron chi connectivity index (χ1n) is 4.19. The van der Waals surface area contributed by atoms with Gasteiger partial charge in [0.05, 0.1) is 0 Å². The smallest absolute Gasteiger partial charge is 0.181 e. The maximum Gasteiger partial charge on any atom is 0.181 e. The molecule has 0 atom stereocenters. The van der Waals surface area contributed by atoms with Crippen LogP contribution >= 0.6 is 0 Å². The van der Waals surface area contributed by atoms with Crippen molar-refractivity contribution in [3.63, 3.8) is 0 Å². The van der Waals surface area contributed by atoms with E-state index in [-0.39, 0.29) is 11.2 Å². The van der Waals surface area contributed by atoms with Gasteiger partial charge in [-0.1, -0.05) is 32.9 Å². The Morgan fingerprint density at radius 2 is 1.75 bits per heavy atom. The van der Waals surface area contributed by atoms with Crippen molar-refractivity contribution in [3.8, 4) is 5.75 Å². The van der Waals surface area contributed by atoms with Crippen molar-refractivity contribution in [1.29, 1.82) is 0 Å². The second-order valence-electron chi connectivity index (χ2n) is 4.23. The zero-order chi connectivity index (χ0) is 9.35. The van der Waals surface area contributed by atoms with E-state index in [9.17, 15) is 5.11 Å². The summed E-state index contributed by atoms with van der Waals surface area (Å²) in [6, 6.07) is 5.54. The van der Waals surface area contributed by atoms with Crippen molar-refractivity contribution < 1.29 is 5.11 Å². The van der Waals surface area contributed by atoms with E-state index in [1.807, 2.05) is 19.1 Å². The third-order valence-electron chi connectivity index (χ3n) is 2.04. The number of aryl methyl sites for hydroxylation is 1. The van der Waals surface area contributed by atoms with Crippen LogP contribution in [0.15, 0.2) is 18.2 Å². The van der Waals surface area contributed by atoms with Gasteiger partial charge in [0.15, 0.2) is 5.75 Å². The van der Waals surface area contributed by atoms with Gasteiger partial charge >= 0.3 is 0 Å². The largest absolute Gasteiger partial charge is 0.290 e. The molecule has 0 bridgehead atoms. The fraction of sp³-hybridized carbons (Fsp3) is 0.455. The number of hydrogen-bond acceptors (Lipinski definition) is 0. The highest BCUT2D eigenvalue weighted by molar-refractivity contribution is 5.37. The lowest BCUT2D eigenvalue weighted by Crippen LogP contribution is -2.10. The van der Waals surface area contributed by atoms with E-state index in [0.717, 1.165) is 5.56 Å². The van der Waals surface area contributed by atoms with E-state index >= 15 is 0 Å². The third kappa shape index (κ3) is 1.79. The number of benzene rings is 1. The van der Waals surface area contributed by atoms with Gasteiger partial charge in [-0.05, 0) is 29.5 Å². The molecule has 1 radical (unpaired) electrons. The van der Waals surface area contributed by atoms with Gasteiger partial charge in [-0.25, -0.2) is 0 Å². The Balaban J connectivity index is 3.14. The summed E-state index contributed by atoms with van der Waals surface area (Å²) in [5, 5.41) is 11.1. The summed E-state index contributed by atoms with van der Waals surface area (Å²) < 4.78 is 0. The van der Waals surface area contributed by atoms with Crippen LogP contribution in [0, 0.1) is 6.92 Å². The Morgan fingerprint density at radius 3 is 2.17 bits per heavy atom. The predicted octanol–water partition coefficient (Wildman–Crippen LogP) is 3.44. The molecule has 12 heavy (non-hydrogen) atoms. The van der Waals surface area contributed by atoms with Crippen molar-refractivity contribution in [2.45, 2.75) is 33.1 Å². The summed E-state index contributed by atoms with van der Waals surface area (Å²) in [5.74, 6) is 0.128. The van der Waals surface area contributed by atoms with Crippen molar-refractivity contribution in [3.05, 3.63) is 29.3 Å². The summed E-state index contributed by atoms with van der Waals surface area (Å²) in [5.41, 5.74) is 2.19. The molecule has 0 unspecified atom stereocenters. The van der Waals surface area contributed by atoms with Crippen LogP contribution in [0.25, 0.3) is 0 Å². The zero-order valence-electron chi connectivity index (χ0n) is 8.14. The average Bonchev–Trinajstić information content (AvgIpc) is 1.92. The molecule has 0 aliphatic rings. The fourth-order valence-electron chi connectivity index (χ4n) is 1.12. The van der Waals surface area contributed by atoms with E-state index in [0.29, 0.717) is 0 Å². The quantitative estimate of drug-likeness (QED) is 0.558. The lowest BCUT2D eigenvalue weighted by atomic mass is 9.86. The minimum absolute atomic E-state index is 0.128. The van der Waals surface area contributed by atoms with Crippen LogP contribution in [0.3, 0.4) is 0 Å². The van der Waals surface area contributed by atoms with Crippen LogP contribution in [0.4, 0.5) is 0 Å². The zero-order valence-corrected chi connectivity index (χ0v) is 8.14. The Bertz CT molecular complexity index is 282. The Hall–Kier alpha value is -0.980. The van der Waals surface area contributed by atoms with Crippen molar-refractivity contribution in [2.24, 2.45) is 0 Å². The maximum absolute atomic E-state index is 11.1. The second kappa shape index (κ2) is 2.81. The van der Waals surface area contributed by atoms with Gasteiger partial charge in [0, 0.05) is 0 Å². The standard InChI is InChI=1S/C11H15O/c1-8-7-9(11(2,3)4)5-6-10(8)12/h5-7H,1-4H3. The van der Waals surface area contributed by atoms with Gasteiger partial charge in [0.1, 0.15) is 0 Å². The summed E-state index contributed by atoms with van der Waals surface area (Å²) in [7, 11) is 0. The van der Waals surface area contributed by atoms with Crippen molar-refractivity contribution in [2.75, 3.05) is 0 Å². The van der Waals surface area contributed by atoms with Gasteiger partial charge in [-0.15, -0.1) is 0 Å². The highest BCUT2D eigenvalue weighted by Gasteiger charge is 2.14. The first-order valence-corrected chi connectivity index (χ1v) is 4.19. The first kappa shape index (κ1) is 9.11. The molecule has 65 valence electrons. The maximum atomic E-state index is 11.1. The highest BCUT2D eigenvalue weighted by atomic mass is 16.3. The Kier molecular flexibility index (Phi) is 2.14. The Labute approximate surface area is 74.1 Å². The molecule has 0 amide bonds. The molecule has 0 spiro atoms. The van der Waals surface area contributed by atoms with Crippen LogP contribution in [0.5, 0.6) is 5.75 Å². The molecule has 1 nitrogen and oxygen atoms in total. The Morgan fingerprint density at radius 1 is 1.17 bits per heavy atom. The monoisotopic (exact) mass is 163 g/mol. The molecule has 0 aliphatic carbocycles. The van der Waals surface area contributed by atoms with Crippen LogP contribution in [0.2, 0.25) is 0 Å². The van der Waals surface area contributed by atoms with Gasteiger partial charge in [-0.3, -0.25) is 5.11 Å². The fourth-order valence-corrected chi connectivity index (χ4v) is 1.12. The molecule has 0 aliphatic heterocycles. The van der Waals surface area contributed by atoms with Crippen LogP contribution in [0.1, 0.15) is 31.9 Å². The minimum Gasteiger partial charge on any atom is -0.290 e. The van der Waals surface area contributed by atoms with Crippen LogP contribution in [-0.2, 0) is 10.5 Å². The van der Waals surface area contributed by atoms with E-state index in [4.69, 9.17) is 0 Å². The van der Waals surface area contributed by atoms with E-state index < -0.39 is 0 Å². The molecule has 0 N–H and O–H groups in total. The van der Waals surface area contributed by atoms with E-state index in [1.165, 1.54) is 5.56 Å². The van der Waals surface area contributed by atoms with Crippen molar-refractivity contribution >= 4 is 0 Å². The molecule has 0 aromatic heterocycles. The topological polar surface area (TPSA) is 19.9 Å². The lowest BCUT2D eigenvalue weighted by Gasteiger charge is -2.19. The van der Waals surface area contributed by atoms with Gasteiger partial charge in [0.2, 0.25) is 0 Å². The van der Waals surface area contributed by atoms with Crippen LogP contribution < -0.4 is 0 Å². The van der Waals surface area contributed by atoms with Gasteiger partial charge in [0.25, 0.3) is 0 Å². The first-order chi connectivity index (χ1) is 5.41. The minimum atomic E-state index is 0.128. The summed E-state index contributed by atoms with van der Waals surface area (Å²) in [4.78, 5) is 0. The lowest BCUT2D eigenvalue weighted by molar-refractivity contribution is 0.351. The molecule has 0 heterocycles. The van der Waals surface area contributed by atoms with E-state index in [2.05, 4.69) is 20.8 Å². The van der Waals surface area contributed by atoms with Gasteiger partial charge < -0.3 is 0 Å². The molecular formula is C11H15O. The van der Waals surface area contributed by atoms with Crippen LogP contribution in [-0.4, -0.2) is 0 Å². The molecule has 0 saturated heterocycles. The molecule has 1 heteroatoms. The number of rotatable bonds is 0. The molecule has 1 rings (SSSR count). The molecule has 1 aromatic carbocycles. The van der Waals surface area contributed by atoms with Crippen molar-refractivity contribution in [1.82, 2.24) is 0 Å². The molecular weight excluding hydrogens is 148 g/mol. The molecule has 0 fully saturated rings. The summed E-state index contributed by atoms with van der Waals surface area (Å²) in [6.45, 7) is 8.29. The number of hydrogen-bond donors (Lipinski definition) is 0. The highest BCUT2D eigenvalue weighted by Crippen LogP contribution is 2.26. The summed E-state index contributed by atoms with van der Waals surface area (Å²) >= 11 is 0. The second-order valence-corrected chi connectivity index (χ2v) is 4.23. The molecule has 0 saturated carbocycles. The normalized spacial score (nSPS) is 11.7. The molecule has 1 aromatic rings. The van der Waals surface area contributed by atoms with E-state index in [1.54, 1.807) is 6.07 Å². The third-order valence-corrected chi connectivity index (χ3v) is 2.04. The predicted molar refractivity (Wildman–Crippen MR) is 50.0 cm³/mol. The SMILES string of the molecule is Cc1cc(C(C)(C)C)ccc1[O]. The van der Waals surface area contributed by atoms with Gasteiger partial charge in [-0.2, -0.15) is 0 Å².